The van der Waals surface area contributed by atoms with Crippen molar-refractivity contribution < 1.29 is 17.9 Å². The lowest BCUT2D eigenvalue weighted by molar-refractivity contribution is -0.172. The molecule has 0 radical (unpaired) electrons. The summed E-state index contributed by atoms with van der Waals surface area (Å²) in [4.78, 5) is 3.95. The van der Waals surface area contributed by atoms with Crippen LogP contribution in [0.4, 0.5) is 24.8 Å². The van der Waals surface area contributed by atoms with Gasteiger partial charge in [-0.15, -0.1) is 0 Å². The third-order valence-corrected chi connectivity index (χ3v) is 2.45. The molecule has 0 aliphatic heterocycles. The van der Waals surface area contributed by atoms with Crippen LogP contribution in [0.25, 0.3) is 0 Å². The Bertz CT molecular complexity index is 431. The Balaban J connectivity index is 2.45. The van der Waals surface area contributed by atoms with Crippen molar-refractivity contribution >= 4 is 34.8 Å². The average molecular weight is 319 g/mol. The van der Waals surface area contributed by atoms with Crippen LogP contribution >= 0.6 is 23.2 Å². The molecule has 0 unspecified atom stereocenters. The van der Waals surface area contributed by atoms with Crippen molar-refractivity contribution in [1.29, 1.82) is 0 Å². The lowest BCUT2D eigenvalue weighted by Gasteiger charge is -2.11. The van der Waals surface area contributed by atoms with Gasteiger partial charge in [-0.3, -0.25) is 0 Å². The summed E-state index contributed by atoms with van der Waals surface area (Å²) in [7, 11) is 0. The van der Waals surface area contributed by atoms with Gasteiger partial charge < -0.3 is 15.5 Å². The Morgan fingerprint density at radius 1 is 1.26 bits per heavy atom. The molecule has 10 heteroatoms. The Labute approximate surface area is 117 Å². The summed E-state index contributed by atoms with van der Waals surface area (Å²) in [5.74, 6) is 5.62. The van der Waals surface area contributed by atoms with E-state index in [1.807, 2.05) is 0 Å². The fourth-order valence-corrected chi connectivity index (χ4v) is 1.60. The number of hydrogen-bond acceptors (Lipinski definition) is 5. The van der Waals surface area contributed by atoms with Gasteiger partial charge in [0.05, 0.1) is 16.7 Å². The minimum absolute atomic E-state index is 0.106. The molecule has 1 aromatic rings. The summed E-state index contributed by atoms with van der Waals surface area (Å²) in [6.07, 6.45) is -4.34. The van der Waals surface area contributed by atoms with E-state index in [-0.39, 0.29) is 34.8 Å². The quantitative estimate of drug-likeness (QED) is 0.427. The van der Waals surface area contributed by atoms with Crippen molar-refractivity contribution in [3.8, 4) is 0 Å². The zero-order valence-electron chi connectivity index (χ0n) is 9.52. The summed E-state index contributed by atoms with van der Waals surface area (Å²) >= 11 is 11.6. The molecule has 0 amide bonds. The number of pyridine rings is 1. The van der Waals surface area contributed by atoms with Crippen LogP contribution < -0.4 is 16.6 Å². The Kier molecular flexibility index (Phi) is 5.92. The maximum Gasteiger partial charge on any atom is 0.411 e. The normalized spacial score (nSPS) is 11.5. The first-order valence-electron chi connectivity index (χ1n) is 5.04. The first kappa shape index (κ1) is 16.1. The van der Waals surface area contributed by atoms with E-state index in [1.165, 1.54) is 6.07 Å². The van der Waals surface area contributed by atoms with Crippen molar-refractivity contribution in [1.82, 2.24) is 4.98 Å². The van der Waals surface area contributed by atoms with Crippen molar-refractivity contribution in [3.63, 3.8) is 0 Å². The van der Waals surface area contributed by atoms with E-state index in [0.29, 0.717) is 0 Å². The maximum absolute atomic E-state index is 11.8. The highest BCUT2D eigenvalue weighted by molar-refractivity contribution is 6.37. The molecule has 19 heavy (non-hydrogen) atoms. The van der Waals surface area contributed by atoms with Crippen molar-refractivity contribution in [2.24, 2.45) is 5.84 Å². The van der Waals surface area contributed by atoms with E-state index in [0.717, 1.165) is 0 Å². The van der Waals surface area contributed by atoms with Crippen LogP contribution in [0.5, 0.6) is 0 Å². The first-order chi connectivity index (χ1) is 8.83. The number of nitrogens with one attached hydrogen (secondary N) is 2. The number of ether oxygens (including phenoxy) is 1. The van der Waals surface area contributed by atoms with E-state index in [1.54, 1.807) is 0 Å². The molecule has 1 aromatic heterocycles. The molecule has 0 spiro atoms. The third-order valence-electron chi connectivity index (χ3n) is 1.87. The highest BCUT2D eigenvalue weighted by Gasteiger charge is 2.27. The molecule has 5 nitrogen and oxygen atoms in total. The summed E-state index contributed by atoms with van der Waals surface area (Å²) in [6.45, 7) is -1.34. The topological polar surface area (TPSA) is 72.2 Å². The zero-order chi connectivity index (χ0) is 14.5. The van der Waals surface area contributed by atoms with E-state index in [9.17, 15) is 13.2 Å². The van der Waals surface area contributed by atoms with E-state index >= 15 is 0 Å². The molecule has 108 valence electrons. The molecule has 0 fully saturated rings. The number of alkyl halides is 3. The fourth-order valence-electron chi connectivity index (χ4n) is 1.12. The smallest absolute Gasteiger partial charge is 0.370 e. The van der Waals surface area contributed by atoms with Crippen LogP contribution in [0.3, 0.4) is 0 Å². The predicted molar refractivity (Wildman–Crippen MR) is 67.4 cm³/mol. The molecule has 4 N–H and O–H groups in total. The number of anilines is 2. The number of hydrogen-bond donors (Lipinski definition) is 3. The number of nitrogens with zero attached hydrogens (tertiary/aromatic N) is 1. The van der Waals surface area contributed by atoms with Crippen molar-refractivity contribution in [3.05, 3.63) is 16.1 Å². The van der Waals surface area contributed by atoms with Gasteiger partial charge in [0.25, 0.3) is 0 Å². The number of hydrazine groups is 1. The van der Waals surface area contributed by atoms with Crippen LogP contribution in [-0.4, -0.2) is 30.9 Å². The van der Waals surface area contributed by atoms with Crippen LogP contribution in [0, 0.1) is 0 Å². The summed E-state index contributed by atoms with van der Waals surface area (Å²) in [5.41, 5.74) is 2.26. The van der Waals surface area contributed by atoms with E-state index < -0.39 is 12.8 Å². The number of rotatable bonds is 6. The van der Waals surface area contributed by atoms with Gasteiger partial charge in [-0.2, -0.15) is 13.2 Å². The van der Waals surface area contributed by atoms with Crippen LogP contribution in [0.1, 0.15) is 0 Å². The highest BCUT2D eigenvalue weighted by Crippen LogP contribution is 2.28. The number of nitrogens with two attached hydrogens (primary N) is 1. The van der Waals surface area contributed by atoms with Crippen molar-refractivity contribution in [2.45, 2.75) is 6.18 Å². The maximum atomic E-state index is 11.8. The van der Waals surface area contributed by atoms with E-state index in [2.05, 4.69) is 20.5 Å². The summed E-state index contributed by atoms with van der Waals surface area (Å²) in [6, 6.07) is 1.41. The predicted octanol–water partition coefficient (Wildman–Crippen LogP) is 2.66. The highest BCUT2D eigenvalue weighted by atomic mass is 35.5. The summed E-state index contributed by atoms with van der Waals surface area (Å²) in [5, 5.41) is 3.16. The van der Waals surface area contributed by atoms with Gasteiger partial charge in [-0.05, 0) is 6.07 Å². The van der Waals surface area contributed by atoms with Crippen LogP contribution in [0.2, 0.25) is 10.0 Å². The Morgan fingerprint density at radius 3 is 2.47 bits per heavy atom. The van der Waals surface area contributed by atoms with Gasteiger partial charge >= 0.3 is 6.18 Å². The van der Waals surface area contributed by atoms with Crippen LogP contribution in [-0.2, 0) is 4.74 Å². The zero-order valence-corrected chi connectivity index (χ0v) is 11.0. The van der Waals surface area contributed by atoms with Gasteiger partial charge in [-0.25, -0.2) is 10.8 Å². The number of aromatic nitrogens is 1. The van der Waals surface area contributed by atoms with Gasteiger partial charge in [0.2, 0.25) is 0 Å². The molecule has 0 aliphatic rings. The fraction of sp³-hybridized carbons (Fsp3) is 0.444. The van der Waals surface area contributed by atoms with Gasteiger partial charge in [0.1, 0.15) is 12.4 Å². The number of halogens is 5. The Hall–Kier alpha value is -0.960. The lowest BCUT2D eigenvalue weighted by atomic mass is 10.4. The molecule has 0 saturated carbocycles. The van der Waals surface area contributed by atoms with E-state index in [4.69, 9.17) is 29.0 Å². The minimum Gasteiger partial charge on any atom is -0.370 e. The molecule has 0 aromatic carbocycles. The lowest BCUT2D eigenvalue weighted by Crippen LogP contribution is -2.20. The monoisotopic (exact) mass is 318 g/mol. The second-order valence-corrected chi connectivity index (χ2v) is 4.20. The molecule has 0 atom stereocenters. The van der Waals surface area contributed by atoms with Crippen LogP contribution in [0.15, 0.2) is 6.07 Å². The minimum atomic E-state index is -4.34. The molecule has 0 aliphatic carbocycles. The van der Waals surface area contributed by atoms with Gasteiger partial charge in [-0.1, -0.05) is 23.2 Å². The van der Waals surface area contributed by atoms with Crippen molar-refractivity contribution in [2.75, 3.05) is 30.5 Å². The van der Waals surface area contributed by atoms with Gasteiger partial charge in [0, 0.05) is 6.54 Å². The third kappa shape index (κ3) is 5.68. The molecule has 1 heterocycles. The molecule has 1 rings (SSSR count). The molecular weight excluding hydrogens is 308 g/mol. The molecule has 0 bridgehead atoms. The summed E-state index contributed by atoms with van der Waals surface area (Å²) < 4.78 is 39.8. The largest absolute Gasteiger partial charge is 0.411 e. The second kappa shape index (κ2) is 6.99. The SMILES string of the molecule is NNc1nc(NCCOCC(F)(F)F)c(Cl)cc1Cl. The van der Waals surface area contributed by atoms with Gasteiger partial charge in [0.15, 0.2) is 5.82 Å². The average Bonchev–Trinajstić information content (AvgIpc) is 2.29. The number of nitrogen functional groups attached to an aromatic ring is 1. The molecule has 0 saturated heterocycles. The second-order valence-electron chi connectivity index (χ2n) is 3.39. The standard InChI is InChI=1S/C9H11Cl2F3N4O/c10-5-3-6(11)8(18-15)17-7(5)16-1-2-19-4-9(12,13)14/h3H,1-2,4,15H2,(H2,16,17,18). The Morgan fingerprint density at radius 2 is 1.89 bits per heavy atom. The first-order valence-corrected chi connectivity index (χ1v) is 5.80. The molecular formula is C9H11Cl2F3N4O.